The molecule has 0 bridgehead atoms. The highest BCUT2D eigenvalue weighted by molar-refractivity contribution is 7.92. The van der Waals surface area contributed by atoms with E-state index in [0.29, 0.717) is 17.9 Å². The standard InChI is InChI=1S/C15H20N2O4S/c1-22(18,19)17(14-7-3-2-6-13(14)12-16)9-11-21-15-8-4-5-10-20-15/h2-3,6-7,15H,4-5,8-11H2,1H3. The summed E-state index contributed by atoms with van der Waals surface area (Å²) in [6, 6.07) is 8.64. The Morgan fingerprint density at radius 3 is 2.82 bits per heavy atom. The molecule has 0 aliphatic carbocycles. The average molecular weight is 324 g/mol. The predicted molar refractivity (Wildman–Crippen MR) is 82.9 cm³/mol. The SMILES string of the molecule is CS(=O)(=O)N(CCOC1CCCCO1)c1ccccc1C#N. The molecule has 1 saturated heterocycles. The lowest BCUT2D eigenvalue weighted by molar-refractivity contribution is -0.160. The lowest BCUT2D eigenvalue weighted by atomic mass is 10.2. The Balaban J connectivity index is 2.06. The number of hydrogen-bond donors (Lipinski definition) is 0. The van der Waals surface area contributed by atoms with Crippen LogP contribution in [0.3, 0.4) is 0 Å². The number of hydrogen-bond acceptors (Lipinski definition) is 5. The molecule has 0 amide bonds. The summed E-state index contributed by atoms with van der Waals surface area (Å²) in [6.07, 6.45) is 3.77. The van der Waals surface area contributed by atoms with Crippen LogP contribution >= 0.6 is 0 Å². The van der Waals surface area contributed by atoms with Crippen LogP contribution in [0.25, 0.3) is 0 Å². The maximum absolute atomic E-state index is 12.0. The number of ether oxygens (including phenoxy) is 2. The predicted octanol–water partition coefficient (Wildman–Crippen LogP) is 1.87. The molecular weight excluding hydrogens is 304 g/mol. The number of anilines is 1. The van der Waals surface area contributed by atoms with Crippen LogP contribution in [0.15, 0.2) is 24.3 Å². The van der Waals surface area contributed by atoms with E-state index in [9.17, 15) is 8.42 Å². The van der Waals surface area contributed by atoms with Gasteiger partial charge in [0.1, 0.15) is 6.07 Å². The van der Waals surface area contributed by atoms with Crippen molar-refractivity contribution in [2.75, 3.05) is 30.3 Å². The zero-order valence-corrected chi connectivity index (χ0v) is 13.4. The third kappa shape index (κ3) is 4.44. The van der Waals surface area contributed by atoms with E-state index in [1.165, 1.54) is 4.31 Å². The monoisotopic (exact) mass is 324 g/mol. The van der Waals surface area contributed by atoms with Crippen molar-refractivity contribution in [1.29, 1.82) is 5.26 Å². The van der Waals surface area contributed by atoms with Crippen LogP contribution in [-0.2, 0) is 19.5 Å². The molecular formula is C15H20N2O4S. The summed E-state index contributed by atoms with van der Waals surface area (Å²) in [5, 5.41) is 9.14. The third-order valence-electron chi connectivity index (χ3n) is 3.43. The second kappa shape index (κ2) is 7.58. The summed E-state index contributed by atoms with van der Waals surface area (Å²) in [4.78, 5) is 0. The molecule has 1 fully saturated rings. The molecule has 0 spiro atoms. The van der Waals surface area contributed by atoms with Crippen LogP contribution in [0, 0.1) is 11.3 Å². The molecule has 0 aromatic heterocycles. The molecule has 1 aliphatic heterocycles. The van der Waals surface area contributed by atoms with Crippen molar-refractivity contribution in [3.05, 3.63) is 29.8 Å². The van der Waals surface area contributed by atoms with Crippen LogP contribution in [0.5, 0.6) is 0 Å². The Hall–Kier alpha value is -1.62. The molecule has 2 rings (SSSR count). The molecule has 1 aliphatic rings. The number of sulfonamides is 1. The zero-order chi connectivity index (χ0) is 16.0. The smallest absolute Gasteiger partial charge is 0.232 e. The molecule has 1 heterocycles. The third-order valence-corrected chi connectivity index (χ3v) is 4.61. The summed E-state index contributed by atoms with van der Waals surface area (Å²) in [6.45, 7) is 1.05. The first-order valence-electron chi connectivity index (χ1n) is 7.22. The summed E-state index contributed by atoms with van der Waals surface area (Å²) in [5.74, 6) is 0. The van der Waals surface area contributed by atoms with Crippen molar-refractivity contribution in [1.82, 2.24) is 0 Å². The van der Waals surface area contributed by atoms with Gasteiger partial charge >= 0.3 is 0 Å². The molecule has 22 heavy (non-hydrogen) atoms. The van der Waals surface area contributed by atoms with E-state index in [-0.39, 0.29) is 19.4 Å². The van der Waals surface area contributed by atoms with Crippen LogP contribution < -0.4 is 4.31 Å². The highest BCUT2D eigenvalue weighted by Gasteiger charge is 2.21. The molecule has 120 valence electrons. The molecule has 1 aromatic rings. The first-order chi connectivity index (χ1) is 10.5. The first-order valence-corrected chi connectivity index (χ1v) is 9.07. The second-order valence-electron chi connectivity index (χ2n) is 5.13. The Morgan fingerprint density at radius 1 is 1.41 bits per heavy atom. The van der Waals surface area contributed by atoms with Crippen molar-refractivity contribution in [3.63, 3.8) is 0 Å². The molecule has 0 radical (unpaired) electrons. The summed E-state index contributed by atoms with van der Waals surface area (Å²) >= 11 is 0. The van der Waals surface area contributed by atoms with Gasteiger partial charge in [-0.3, -0.25) is 4.31 Å². The lowest BCUT2D eigenvalue weighted by Gasteiger charge is -2.26. The topological polar surface area (TPSA) is 79.6 Å². The van der Waals surface area contributed by atoms with Crippen molar-refractivity contribution in [2.45, 2.75) is 25.6 Å². The lowest BCUT2D eigenvalue weighted by Crippen LogP contribution is -2.35. The van der Waals surface area contributed by atoms with Gasteiger partial charge < -0.3 is 9.47 Å². The number of nitriles is 1. The van der Waals surface area contributed by atoms with Crippen LogP contribution in [-0.4, -0.2) is 40.7 Å². The minimum absolute atomic E-state index is 0.150. The Bertz CT molecular complexity index is 633. The van der Waals surface area contributed by atoms with Gasteiger partial charge in [0, 0.05) is 6.61 Å². The Morgan fingerprint density at radius 2 is 2.18 bits per heavy atom. The van der Waals surface area contributed by atoms with Gasteiger partial charge in [0.25, 0.3) is 0 Å². The maximum atomic E-state index is 12.0. The van der Waals surface area contributed by atoms with E-state index in [1.54, 1.807) is 24.3 Å². The number of rotatable bonds is 6. The van der Waals surface area contributed by atoms with Crippen LogP contribution in [0.1, 0.15) is 24.8 Å². The van der Waals surface area contributed by atoms with E-state index in [0.717, 1.165) is 25.5 Å². The molecule has 0 saturated carbocycles. The molecule has 1 atom stereocenters. The van der Waals surface area contributed by atoms with Gasteiger partial charge in [0.15, 0.2) is 6.29 Å². The van der Waals surface area contributed by atoms with E-state index >= 15 is 0 Å². The van der Waals surface area contributed by atoms with Gasteiger partial charge in [-0.2, -0.15) is 5.26 Å². The fourth-order valence-electron chi connectivity index (χ4n) is 2.36. The van der Waals surface area contributed by atoms with Crippen molar-refractivity contribution < 1.29 is 17.9 Å². The number of nitrogens with zero attached hydrogens (tertiary/aromatic N) is 2. The van der Waals surface area contributed by atoms with E-state index < -0.39 is 10.0 Å². The van der Waals surface area contributed by atoms with Crippen LogP contribution in [0.2, 0.25) is 0 Å². The summed E-state index contributed by atoms with van der Waals surface area (Å²) in [7, 11) is -3.49. The zero-order valence-electron chi connectivity index (χ0n) is 12.6. The molecule has 1 aromatic carbocycles. The van der Waals surface area contributed by atoms with Gasteiger partial charge in [0.2, 0.25) is 10.0 Å². The second-order valence-corrected chi connectivity index (χ2v) is 7.04. The van der Waals surface area contributed by atoms with E-state index in [2.05, 4.69) is 0 Å². The van der Waals surface area contributed by atoms with Gasteiger partial charge in [-0.05, 0) is 31.4 Å². The van der Waals surface area contributed by atoms with Crippen molar-refractivity contribution in [3.8, 4) is 6.07 Å². The Kier molecular flexibility index (Phi) is 5.77. The quantitative estimate of drug-likeness (QED) is 0.798. The highest BCUT2D eigenvalue weighted by atomic mass is 32.2. The van der Waals surface area contributed by atoms with Gasteiger partial charge in [-0.25, -0.2) is 8.42 Å². The van der Waals surface area contributed by atoms with Crippen molar-refractivity contribution >= 4 is 15.7 Å². The highest BCUT2D eigenvalue weighted by Crippen LogP contribution is 2.22. The molecule has 6 nitrogen and oxygen atoms in total. The van der Waals surface area contributed by atoms with Gasteiger partial charge in [0.05, 0.1) is 30.7 Å². The molecule has 7 heteroatoms. The minimum atomic E-state index is -3.49. The summed E-state index contributed by atoms with van der Waals surface area (Å²) < 4.78 is 36.3. The van der Waals surface area contributed by atoms with Gasteiger partial charge in [-0.1, -0.05) is 12.1 Å². The first kappa shape index (κ1) is 16.7. The fraction of sp³-hybridized carbons (Fsp3) is 0.533. The number of benzene rings is 1. The number of para-hydroxylation sites is 1. The normalized spacial score (nSPS) is 18.6. The Labute approximate surface area is 131 Å². The largest absolute Gasteiger partial charge is 0.353 e. The molecule has 1 unspecified atom stereocenters. The van der Waals surface area contributed by atoms with E-state index in [4.69, 9.17) is 14.7 Å². The summed E-state index contributed by atoms with van der Waals surface area (Å²) in [5.41, 5.74) is 0.697. The minimum Gasteiger partial charge on any atom is -0.353 e. The van der Waals surface area contributed by atoms with Gasteiger partial charge in [-0.15, -0.1) is 0 Å². The van der Waals surface area contributed by atoms with Crippen LogP contribution in [0.4, 0.5) is 5.69 Å². The average Bonchev–Trinajstić information content (AvgIpc) is 2.51. The molecule has 0 N–H and O–H groups in total. The van der Waals surface area contributed by atoms with E-state index in [1.807, 2.05) is 6.07 Å². The fourth-order valence-corrected chi connectivity index (χ4v) is 3.28. The van der Waals surface area contributed by atoms with Crippen molar-refractivity contribution in [2.24, 2.45) is 0 Å². The maximum Gasteiger partial charge on any atom is 0.232 e.